The molecule has 0 radical (unpaired) electrons. The summed E-state index contributed by atoms with van der Waals surface area (Å²) >= 11 is 12.4. The zero-order valence-electron chi connectivity index (χ0n) is 12.4. The number of benzene rings is 1. The number of oxime groups is 1. The molecule has 0 aliphatic rings. The van der Waals surface area contributed by atoms with Crippen LogP contribution in [-0.2, 0) is 6.54 Å². The minimum absolute atomic E-state index is 0.263. The van der Waals surface area contributed by atoms with Crippen LogP contribution in [0.2, 0.25) is 10.0 Å². The predicted octanol–water partition coefficient (Wildman–Crippen LogP) is 4.23. The molecule has 5 nitrogen and oxygen atoms in total. The Morgan fingerprint density at radius 2 is 2.14 bits per heavy atom. The van der Waals surface area contributed by atoms with Crippen LogP contribution in [0, 0.1) is 0 Å². The van der Waals surface area contributed by atoms with Gasteiger partial charge in [-0.25, -0.2) is 4.98 Å². The van der Waals surface area contributed by atoms with Gasteiger partial charge in [-0.05, 0) is 18.6 Å². The van der Waals surface area contributed by atoms with Crippen LogP contribution in [0.4, 0.5) is 0 Å². The van der Waals surface area contributed by atoms with Crippen molar-refractivity contribution >= 4 is 28.9 Å². The highest BCUT2D eigenvalue weighted by Gasteiger charge is 2.20. The van der Waals surface area contributed by atoms with Crippen LogP contribution >= 0.6 is 23.2 Å². The Balaban J connectivity index is 2.46. The van der Waals surface area contributed by atoms with Gasteiger partial charge >= 0.3 is 0 Å². The molecule has 118 valence electrons. The first-order valence-electron chi connectivity index (χ1n) is 6.89. The second-order valence-corrected chi connectivity index (χ2v) is 5.45. The molecule has 1 N–H and O–H groups in total. The maximum Gasteiger partial charge on any atom is 0.162 e. The second kappa shape index (κ2) is 7.51. The van der Waals surface area contributed by atoms with Crippen LogP contribution in [-0.4, -0.2) is 27.6 Å². The normalized spacial score (nSPS) is 11.7. The molecule has 0 aliphatic heterocycles. The molecule has 2 aromatic rings. The van der Waals surface area contributed by atoms with Crippen molar-refractivity contribution in [3.63, 3.8) is 0 Å². The Morgan fingerprint density at radius 1 is 1.36 bits per heavy atom. The summed E-state index contributed by atoms with van der Waals surface area (Å²) in [4.78, 5) is 4.27. The number of rotatable bonds is 6. The molecular weight excluding hydrogens is 325 g/mol. The number of nitrogens with zero attached hydrogens (tertiary/aromatic N) is 3. The predicted molar refractivity (Wildman–Crippen MR) is 87.6 cm³/mol. The number of hydrogen-bond acceptors (Lipinski definition) is 4. The lowest BCUT2D eigenvalue weighted by Gasteiger charge is -2.12. The molecule has 0 fully saturated rings. The fourth-order valence-electron chi connectivity index (χ4n) is 2.13. The van der Waals surface area contributed by atoms with Crippen molar-refractivity contribution < 1.29 is 9.94 Å². The van der Waals surface area contributed by atoms with Crippen molar-refractivity contribution in [3.05, 3.63) is 46.0 Å². The van der Waals surface area contributed by atoms with Gasteiger partial charge in [-0.3, -0.25) is 0 Å². The van der Waals surface area contributed by atoms with Crippen molar-refractivity contribution in [1.29, 1.82) is 0 Å². The number of aromatic nitrogens is 2. The first-order valence-corrected chi connectivity index (χ1v) is 7.65. The fourth-order valence-corrected chi connectivity index (χ4v) is 2.61. The molecule has 0 unspecified atom stereocenters. The van der Waals surface area contributed by atoms with E-state index in [9.17, 15) is 5.21 Å². The van der Waals surface area contributed by atoms with E-state index in [1.54, 1.807) is 18.3 Å². The van der Waals surface area contributed by atoms with Crippen LogP contribution in [0.5, 0.6) is 5.75 Å². The van der Waals surface area contributed by atoms with E-state index in [1.807, 2.05) is 10.8 Å². The molecule has 1 aromatic carbocycles. The number of aryl methyl sites for hydroxylation is 1. The fraction of sp³-hybridized carbons (Fsp3) is 0.333. The third-order valence-corrected chi connectivity index (χ3v) is 4.17. The largest absolute Gasteiger partial charge is 0.495 e. The molecule has 0 saturated carbocycles. The van der Waals surface area contributed by atoms with Gasteiger partial charge in [0.25, 0.3) is 0 Å². The summed E-state index contributed by atoms with van der Waals surface area (Å²) in [5, 5.41) is 13.4. The van der Waals surface area contributed by atoms with E-state index in [-0.39, 0.29) is 15.8 Å². The summed E-state index contributed by atoms with van der Waals surface area (Å²) in [7, 11) is 1.51. The standard InChI is InChI=1S/C15H17Cl2N3O2/c1-3-4-8-20-9-7-18-15(20)14(19-21)10-5-6-11(22-2)13(17)12(10)16/h5-7,9,21H,3-4,8H2,1-2H3/b19-14+. The topological polar surface area (TPSA) is 59.6 Å². The van der Waals surface area contributed by atoms with Gasteiger partial charge in [-0.15, -0.1) is 0 Å². The highest BCUT2D eigenvalue weighted by Crippen LogP contribution is 2.35. The molecular formula is C15H17Cl2N3O2. The van der Waals surface area contributed by atoms with E-state index >= 15 is 0 Å². The van der Waals surface area contributed by atoms with Crippen molar-refractivity contribution in [2.24, 2.45) is 5.16 Å². The Kier molecular flexibility index (Phi) is 5.69. The zero-order chi connectivity index (χ0) is 16.1. The second-order valence-electron chi connectivity index (χ2n) is 4.69. The quantitative estimate of drug-likeness (QED) is 0.486. The summed E-state index contributed by atoms with van der Waals surface area (Å²) in [5.74, 6) is 1.00. The van der Waals surface area contributed by atoms with E-state index in [0.29, 0.717) is 17.1 Å². The molecule has 0 aliphatic carbocycles. The van der Waals surface area contributed by atoms with Gasteiger partial charge in [0.1, 0.15) is 10.8 Å². The average Bonchev–Trinajstić information content (AvgIpc) is 2.98. The number of halogens is 2. The Labute approximate surface area is 139 Å². The van der Waals surface area contributed by atoms with E-state index in [1.165, 1.54) is 7.11 Å². The van der Waals surface area contributed by atoms with E-state index < -0.39 is 0 Å². The summed E-state index contributed by atoms with van der Waals surface area (Å²) in [6.07, 6.45) is 5.56. The highest BCUT2D eigenvalue weighted by atomic mass is 35.5. The molecule has 0 bridgehead atoms. The van der Waals surface area contributed by atoms with Gasteiger partial charge in [0.15, 0.2) is 11.5 Å². The first-order chi connectivity index (χ1) is 10.6. The van der Waals surface area contributed by atoms with E-state index in [4.69, 9.17) is 27.9 Å². The molecule has 22 heavy (non-hydrogen) atoms. The molecule has 0 spiro atoms. The van der Waals surface area contributed by atoms with Crippen molar-refractivity contribution in [2.45, 2.75) is 26.3 Å². The maximum atomic E-state index is 9.44. The van der Waals surface area contributed by atoms with Crippen molar-refractivity contribution in [3.8, 4) is 5.75 Å². The lowest BCUT2D eigenvalue weighted by molar-refractivity contribution is 0.319. The van der Waals surface area contributed by atoms with Gasteiger partial charge in [0.05, 0.1) is 12.1 Å². The van der Waals surface area contributed by atoms with Crippen LogP contribution in [0.15, 0.2) is 29.7 Å². The Hall–Kier alpha value is -1.72. The lowest BCUT2D eigenvalue weighted by Crippen LogP contribution is -2.13. The minimum Gasteiger partial charge on any atom is -0.495 e. The molecule has 0 saturated heterocycles. The van der Waals surface area contributed by atoms with Gasteiger partial charge in [-0.2, -0.15) is 0 Å². The first kappa shape index (κ1) is 16.6. The third-order valence-electron chi connectivity index (χ3n) is 3.30. The summed E-state index contributed by atoms with van der Waals surface area (Å²) in [5.41, 5.74) is 0.773. The van der Waals surface area contributed by atoms with E-state index in [0.717, 1.165) is 19.4 Å². The zero-order valence-corrected chi connectivity index (χ0v) is 13.9. The maximum absolute atomic E-state index is 9.44. The van der Waals surface area contributed by atoms with Crippen LogP contribution < -0.4 is 4.74 Å². The minimum atomic E-state index is 0.263. The Bertz CT molecular complexity index is 683. The van der Waals surface area contributed by atoms with Crippen LogP contribution in [0.1, 0.15) is 31.2 Å². The molecule has 2 rings (SSSR count). The number of methoxy groups -OCH3 is 1. The van der Waals surface area contributed by atoms with Crippen molar-refractivity contribution in [1.82, 2.24) is 9.55 Å². The number of imidazole rings is 1. The molecule has 7 heteroatoms. The molecule has 1 aromatic heterocycles. The van der Waals surface area contributed by atoms with E-state index in [2.05, 4.69) is 17.1 Å². The SMILES string of the molecule is CCCCn1ccnc1/C(=N/O)c1ccc(OC)c(Cl)c1Cl. The molecule has 0 amide bonds. The number of hydrogen-bond donors (Lipinski definition) is 1. The van der Waals surface area contributed by atoms with Gasteiger partial charge in [-0.1, -0.05) is 41.7 Å². The van der Waals surface area contributed by atoms with Gasteiger partial charge in [0.2, 0.25) is 0 Å². The summed E-state index contributed by atoms with van der Waals surface area (Å²) in [6, 6.07) is 3.37. The van der Waals surface area contributed by atoms with Crippen LogP contribution in [0.25, 0.3) is 0 Å². The smallest absolute Gasteiger partial charge is 0.162 e. The molecule has 1 heterocycles. The van der Waals surface area contributed by atoms with Crippen LogP contribution in [0.3, 0.4) is 0 Å². The van der Waals surface area contributed by atoms with Gasteiger partial charge in [0, 0.05) is 24.5 Å². The Morgan fingerprint density at radius 3 is 2.77 bits per heavy atom. The number of ether oxygens (including phenoxy) is 1. The third kappa shape index (κ3) is 3.20. The number of unbranched alkanes of at least 4 members (excludes halogenated alkanes) is 1. The monoisotopic (exact) mass is 341 g/mol. The summed E-state index contributed by atoms with van der Waals surface area (Å²) < 4.78 is 7.05. The van der Waals surface area contributed by atoms with Crippen molar-refractivity contribution in [2.75, 3.05) is 7.11 Å². The summed E-state index contributed by atoms with van der Waals surface area (Å²) in [6.45, 7) is 2.89. The average molecular weight is 342 g/mol. The lowest BCUT2D eigenvalue weighted by atomic mass is 10.1. The van der Waals surface area contributed by atoms with Gasteiger partial charge < -0.3 is 14.5 Å². The molecule has 0 atom stereocenters. The highest BCUT2D eigenvalue weighted by molar-refractivity contribution is 6.45.